The molecule has 0 amide bonds. The molecule has 0 aliphatic heterocycles. The van der Waals surface area contributed by atoms with Crippen LogP contribution < -0.4 is 10.2 Å². The Morgan fingerprint density at radius 1 is 1.40 bits per heavy atom. The highest BCUT2D eigenvalue weighted by Crippen LogP contribution is 2.20. The van der Waals surface area contributed by atoms with Gasteiger partial charge < -0.3 is 14.7 Å². The summed E-state index contributed by atoms with van der Waals surface area (Å²) < 4.78 is 18.5. The number of hydrogen-bond acceptors (Lipinski definition) is 4. The summed E-state index contributed by atoms with van der Waals surface area (Å²) >= 11 is 0. The van der Waals surface area contributed by atoms with Crippen molar-refractivity contribution < 1.29 is 8.91 Å². The van der Waals surface area contributed by atoms with Crippen LogP contribution in [0.15, 0.2) is 34.9 Å². The van der Waals surface area contributed by atoms with Crippen molar-refractivity contribution in [2.24, 2.45) is 0 Å². The lowest BCUT2D eigenvalue weighted by Gasteiger charge is -2.17. The van der Waals surface area contributed by atoms with E-state index in [1.807, 2.05) is 24.1 Å². The fourth-order valence-electron chi connectivity index (χ4n) is 2.09. The van der Waals surface area contributed by atoms with Gasteiger partial charge >= 0.3 is 0 Å². The van der Waals surface area contributed by atoms with Gasteiger partial charge in [-0.15, -0.1) is 0 Å². The van der Waals surface area contributed by atoms with Crippen molar-refractivity contribution in [2.45, 2.75) is 32.0 Å². The number of aromatic nitrogens is 1. The number of halogens is 1. The summed E-state index contributed by atoms with van der Waals surface area (Å²) in [4.78, 5) is 1.93. The maximum absolute atomic E-state index is 13.2. The molecule has 1 fully saturated rings. The van der Waals surface area contributed by atoms with E-state index in [1.54, 1.807) is 6.07 Å². The molecule has 106 valence electrons. The average molecular weight is 275 g/mol. The summed E-state index contributed by atoms with van der Waals surface area (Å²) in [7, 11) is 1.90. The summed E-state index contributed by atoms with van der Waals surface area (Å²) in [5, 5.41) is 7.43. The van der Waals surface area contributed by atoms with Crippen molar-refractivity contribution in [1.29, 1.82) is 0 Å². The first kappa shape index (κ1) is 13.1. The van der Waals surface area contributed by atoms with E-state index in [0.717, 1.165) is 23.7 Å². The first-order valence-electron chi connectivity index (χ1n) is 6.85. The maximum Gasteiger partial charge on any atom is 0.156 e. The second-order valence-electron chi connectivity index (χ2n) is 5.28. The fourth-order valence-corrected chi connectivity index (χ4v) is 2.09. The molecule has 1 aliphatic rings. The Kier molecular flexibility index (Phi) is 3.69. The third kappa shape index (κ3) is 3.36. The van der Waals surface area contributed by atoms with Crippen LogP contribution >= 0.6 is 0 Å². The zero-order valence-corrected chi connectivity index (χ0v) is 11.5. The molecule has 1 heterocycles. The van der Waals surface area contributed by atoms with Gasteiger partial charge in [-0.05, 0) is 31.0 Å². The Labute approximate surface area is 117 Å². The van der Waals surface area contributed by atoms with Crippen molar-refractivity contribution in [2.75, 3.05) is 11.9 Å². The summed E-state index contributed by atoms with van der Waals surface area (Å²) in [6, 6.07) is 9.12. The predicted octanol–water partition coefficient (Wildman–Crippen LogP) is 2.70. The second kappa shape index (κ2) is 5.63. The molecular weight excluding hydrogens is 257 g/mol. The zero-order valence-electron chi connectivity index (χ0n) is 11.5. The molecule has 0 spiro atoms. The van der Waals surface area contributed by atoms with Gasteiger partial charge in [0.15, 0.2) is 5.76 Å². The Bertz CT molecular complexity index is 580. The van der Waals surface area contributed by atoms with Crippen LogP contribution in [0, 0.1) is 5.82 Å². The molecule has 1 aliphatic carbocycles. The highest BCUT2D eigenvalue weighted by Gasteiger charge is 2.20. The SMILES string of the molecule is CN(Cc1cc(CNC2CC2)no1)c1cccc(F)c1. The van der Waals surface area contributed by atoms with Gasteiger partial charge in [0, 0.05) is 31.4 Å². The van der Waals surface area contributed by atoms with Crippen LogP contribution in [0.5, 0.6) is 0 Å². The number of nitrogens with zero attached hydrogens (tertiary/aromatic N) is 2. The van der Waals surface area contributed by atoms with E-state index in [1.165, 1.54) is 25.0 Å². The van der Waals surface area contributed by atoms with Crippen LogP contribution in [0.3, 0.4) is 0 Å². The molecule has 2 aromatic rings. The molecule has 0 radical (unpaired) electrons. The molecule has 4 nitrogen and oxygen atoms in total. The van der Waals surface area contributed by atoms with Crippen LogP contribution in [0.25, 0.3) is 0 Å². The minimum Gasteiger partial charge on any atom is -0.367 e. The summed E-state index contributed by atoms with van der Waals surface area (Å²) in [6.07, 6.45) is 2.51. The number of benzene rings is 1. The van der Waals surface area contributed by atoms with Gasteiger partial charge in [0.2, 0.25) is 0 Å². The zero-order chi connectivity index (χ0) is 13.9. The van der Waals surface area contributed by atoms with E-state index in [0.29, 0.717) is 12.6 Å². The van der Waals surface area contributed by atoms with Gasteiger partial charge in [-0.25, -0.2) is 4.39 Å². The molecule has 0 unspecified atom stereocenters. The minimum atomic E-state index is -0.235. The van der Waals surface area contributed by atoms with Crippen LogP contribution in [-0.2, 0) is 13.1 Å². The van der Waals surface area contributed by atoms with Crippen LogP contribution in [0.2, 0.25) is 0 Å². The molecule has 1 N–H and O–H groups in total. The number of rotatable bonds is 6. The van der Waals surface area contributed by atoms with Crippen LogP contribution in [-0.4, -0.2) is 18.2 Å². The summed E-state index contributed by atoms with van der Waals surface area (Å²) in [6.45, 7) is 1.32. The lowest BCUT2D eigenvalue weighted by atomic mass is 10.2. The van der Waals surface area contributed by atoms with Gasteiger partial charge in [0.25, 0.3) is 0 Å². The lowest BCUT2D eigenvalue weighted by Crippen LogP contribution is -2.16. The van der Waals surface area contributed by atoms with Crippen molar-refractivity contribution >= 4 is 5.69 Å². The van der Waals surface area contributed by atoms with E-state index in [2.05, 4.69) is 10.5 Å². The molecule has 5 heteroatoms. The Morgan fingerprint density at radius 3 is 3.00 bits per heavy atom. The Morgan fingerprint density at radius 2 is 2.25 bits per heavy atom. The third-order valence-corrected chi connectivity index (χ3v) is 3.40. The average Bonchev–Trinajstić information content (AvgIpc) is 3.16. The molecule has 3 rings (SSSR count). The van der Waals surface area contributed by atoms with Crippen molar-refractivity contribution in [3.8, 4) is 0 Å². The van der Waals surface area contributed by atoms with Gasteiger partial charge in [-0.3, -0.25) is 0 Å². The van der Waals surface area contributed by atoms with E-state index in [4.69, 9.17) is 4.52 Å². The smallest absolute Gasteiger partial charge is 0.156 e. The van der Waals surface area contributed by atoms with Gasteiger partial charge in [-0.2, -0.15) is 0 Å². The standard InChI is InChI=1S/C15H18FN3O/c1-19(14-4-2-3-11(16)7-14)10-15-8-13(18-20-15)9-17-12-5-6-12/h2-4,7-8,12,17H,5-6,9-10H2,1H3. The number of hydrogen-bond donors (Lipinski definition) is 1. The van der Waals surface area contributed by atoms with Crippen LogP contribution in [0.1, 0.15) is 24.3 Å². The summed E-state index contributed by atoms with van der Waals surface area (Å²) in [5.74, 6) is 0.547. The van der Waals surface area contributed by atoms with Gasteiger partial charge in [-0.1, -0.05) is 11.2 Å². The Balaban J connectivity index is 1.59. The summed E-state index contributed by atoms with van der Waals surface area (Å²) in [5.41, 5.74) is 1.73. The molecule has 1 saturated carbocycles. The van der Waals surface area contributed by atoms with E-state index < -0.39 is 0 Å². The van der Waals surface area contributed by atoms with Crippen molar-refractivity contribution in [3.05, 3.63) is 47.6 Å². The molecular formula is C15H18FN3O. The van der Waals surface area contributed by atoms with Crippen LogP contribution in [0.4, 0.5) is 10.1 Å². The fraction of sp³-hybridized carbons (Fsp3) is 0.400. The second-order valence-corrected chi connectivity index (χ2v) is 5.28. The third-order valence-electron chi connectivity index (χ3n) is 3.40. The van der Waals surface area contributed by atoms with E-state index in [-0.39, 0.29) is 5.82 Å². The number of anilines is 1. The Hall–Kier alpha value is -1.88. The maximum atomic E-state index is 13.2. The first-order valence-corrected chi connectivity index (χ1v) is 6.85. The van der Waals surface area contributed by atoms with E-state index in [9.17, 15) is 4.39 Å². The highest BCUT2D eigenvalue weighted by molar-refractivity contribution is 5.45. The van der Waals surface area contributed by atoms with Crippen molar-refractivity contribution in [1.82, 2.24) is 10.5 Å². The molecule has 0 atom stereocenters. The normalized spacial score (nSPS) is 14.5. The minimum absolute atomic E-state index is 0.235. The molecule has 0 saturated heterocycles. The lowest BCUT2D eigenvalue weighted by molar-refractivity contribution is 0.375. The largest absolute Gasteiger partial charge is 0.367 e. The van der Waals surface area contributed by atoms with Gasteiger partial charge in [0.1, 0.15) is 5.82 Å². The first-order chi connectivity index (χ1) is 9.70. The molecule has 1 aromatic carbocycles. The predicted molar refractivity (Wildman–Crippen MR) is 74.9 cm³/mol. The quantitative estimate of drug-likeness (QED) is 0.880. The molecule has 0 bridgehead atoms. The molecule has 1 aromatic heterocycles. The molecule has 20 heavy (non-hydrogen) atoms. The van der Waals surface area contributed by atoms with Crippen molar-refractivity contribution in [3.63, 3.8) is 0 Å². The van der Waals surface area contributed by atoms with Gasteiger partial charge in [0.05, 0.1) is 12.2 Å². The highest BCUT2D eigenvalue weighted by atomic mass is 19.1. The number of nitrogens with one attached hydrogen (secondary N) is 1. The monoisotopic (exact) mass is 275 g/mol. The topological polar surface area (TPSA) is 41.3 Å². The van der Waals surface area contributed by atoms with E-state index >= 15 is 0 Å².